The van der Waals surface area contributed by atoms with Gasteiger partial charge in [0.15, 0.2) is 0 Å². The molecule has 6 heteroatoms. The fraction of sp³-hybridized carbons (Fsp3) is 0. The average molecular weight is 218 g/mol. The quantitative estimate of drug-likeness (QED) is 0.362. The molecule has 0 saturated heterocycles. The SMILES string of the molecule is Cl.Cl.O.[Cl-].[Cl-].[Fe+2]. The summed E-state index contributed by atoms with van der Waals surface area (Å²) >= 11 is 0. The minimum atomic E-state index is 0. The topological polar surface area (TPSA) is 31.5 Å². The Morgan fingerprint density at radius 3 is 0.667 bits per heavy atom. The summed E-state index contributed by atoms with van der Waals surface area (Å²) in [5, 5.41) is 0. The number of rotatable bonds is 0. The van der Waals surface area contributed by atoms with E-state index in [1.165, 1.54) is 0 Å². The van der Waals surface area contributed by atoms with Crippen LogP contribution in [0.1, 0.15) is 0 Å². The van der Waals surface area contributed by atoms with Crippen LogP contribution in [0.5, 0.6) is 0 Å². The van der Waals surface area contributed by atoms with Gasteiger partial charge in [-0.2, -0.15) is 0 Å². The molecule has 0 radical (unpaired) electrons. The van der Waals surface area contributed by atoms with Crippen LogP contribution in [0.25, 0.3) is 0 Å². The van der Waals surface area contributed by atoms with Gasteiger partial charge in [-0.3, -0.25) is 0 Å². The van der Waals surface area contributed by atoms with Crippen molar-refractivity contribution >= 4 is 24.8 Å². The van der Waals surface area contributed by atoms with Crippen molar-refractivity contribution in [2.24, 2.45) is 0 Å². The van der Waals surface area contributed by atoms with Gasteiger partial charge in [-0.25, -0.2) is 0 Å². The standard InChI is InChI=1S/4ClH.Fe.H2O/h4*1H;;1H2/q;;;;+2;/p-2. The van der Waals surface area contributed by atoms with Crippen molar-refractivity contribution in [3.05, 3.63) is 0 Å². The van der Waals surface area contributed by atoms with Gasteiger partial charge < -0.3 is 30.3 Å². The molecule has 0 amide bonds. The first-order valence-electron chi connectivity index (χ1n) is 0. The molecule has 0 saturated carbocycles. The second-order valence-corrected chi connectivity index (χ2v) is 0. The molecule has 0 aliphatic heterocycles. The summed E-state index contributed by atoms with van der Waals surface area (Å²) in [5.74, 6) is 0. The average Bonchev–Trinajstić information content (AvgIpc) is 0. The Labute approximate surface area is 72.1 Å². The second-order valence-electron chi connectivity index (χ2n) is 0. The minimum absolute atomic E-state index is 0. The van der Waals surface area contributed by atoms with E-state index in [0.717, 1.165) is 0 Å². The molecule has 0 spiro atoms. The number of hydrogen-bond donors (Lipinski definition) is 0. The molecule has 0 atom stereocenters. The molecule has 0 aromatic carbocycles. The zero-order valence-electron chi connectivity index (χ0n) is 2.43. The van der Waals surface area contributed by atoms with Crippen molar-refractivity contribution in [1.29, 1.82) is 0 Å². The summed E-state index contributed by atoms with van der Waals surface area (Å²) in [7, 11) is 0. The van der Waals surface area contributed by atoms with E-state index in [4.69, 9.17) is 0 Å². The molecule has 0 aliphatic carbocycles. The molecule has 0 heterocycles. The fourth-order valence-electron chi connectivity index (χ4n) is 0. The van der Waals surface area contributed by atoms with Gasteiger partial charge in [0.1, 0.15) is 0 Å². The van der Waals surface area contributed by atoms with Crippen LogP contribution in [0.4, 0.5) is 0 Å². The van der Waals surface area contributed by atoms with E-state index in [0.29, 0.717) is 0 Å². The summed E-state index contributed by atoms with van der Waals surface area (Å²) in [4.78, 5) is 0. The summed E-state index contributed by atoms with van der Waals surface area (Å²) < 4.78 is 0. The number of halogens is 4. The summed E-state index contributed by atoms with van der Waals surface area (Å²) in [6.45, 7) is 0. The summed E-state index contributed by atoms with van der Waals surface area (Å²) in [6.07, 6.45) is 0. The third-order valence-electron chi connectivity index (χ3n) is 0. The Morgan fingerprint density at radius 1 is 0.667 bits per heavy atom. The maximum absolute atomic E-state index is 0. The van der Waals surface area contributed by atoms with Gasteiger partial charge in [-0.15, -0.1) is 24.8 Å². The van der Waals surface area contributed by atoms with Crippen LogP contribution in [-0.4, -0.2) is 5.48 Å². The van der Waals surface area contributed by atoms with E-state index >= 15 is 0 Å². The smallest absolute Gasteiger partial charge is 1.00 e. The molecule has 0 bridgehead atoms. The van der Waals surface area contributed by atoms with Crippen LogP contribution < -0.4 is 24.8 Å². The number of hydrogen-bond acceptors (Lipinski definition) is 0. The molecule has 1 nitrogen and oxygen atoms in total. The van der Waals surface area contributed by atoms with E-state index in [1.54, 1.807) is 0 Å². The maximum atomic E-state index is 0. The fourth-order valence-corrected chi connectivity index (χ4v) is 0. The van der Waals surface area contributed by atoms with Gasteiger partial charge in [0, 0.05) is 0 Å². The van der Waals surface area contributed by atoms with Crippen molar-refractivity contribution in [3.63, 3.8) is 0 Å². The van der Waals surface area contributed by atoms with Crippen molar-refractivity contribution in [2.45, 2.75) is 0 Å². The monoisotopic (exact) mass is 216 g/mol. The van der Waals surface area contributed by atoms with Crippen molar-refractivity contribution < 1.29 is 47.4 Å². The van der Waals surface area contributed by atoms with Gasteiger partial charge in [0.05, 0.1) is 0 Å². The predicted molar refractivity (Wildman–Crippen MR) is 18.1 cm³/mol. The molecule has 0 aromatic heterocycles. The molecule has 0 unspecified atom stereocenters. The van der Waals surface area contributed by atoms with E-state index < -0.39 is 0 Å². The molecule has 6 heavy (non-hydrogen) atoms. The molecule has 0 aromatic rings. The van der Waals surface area contributed by atoms with Crippen LogP contribution in [-0.2, 0) is 17.1 Å². The van der Waals surface area contributed by atoms with Crippen LogP contribution in [0, 0.1) is 0 Å². The van der Waals surface area contributed by atoms with E-state index in [1.807, 2.05) is 0 Å². The third kappa shape index (κ3) is 45.2. The van der Waals surface area contributed by atoms with Crippen molar-refractivity contribution in [1.82, 2.24) is 0 Å². The van der Waals surface area contributed by atoms with Crippen molar-refractivity contribution in [2.75, 3.05) is 0 Å². The molecular weight excluding hydrogens is 214 g/mol. The van der Waals surface area contributed by atoms with Crippen molar-refractivity contribution in [3.8, 4) is 0 Å². The molecule has 46 valence electrons. The Kier molecular flexibility index (Phi) is 1640. The van der Waals surface area contributed by atoms with Crippen LogP contribution in [0.15, 0.2) is 0 Å². The van der Waals surface area contributed by atoms with E-state index in [2.05, 4.69) is 0 Å². The maximum Gasteiger partial charge on any atom is 2.00 e. The largest absolute Gasteiger partial charge is 2.00 e. The van der Waals surface area contributed by atoms with Gasteiger partial charge in [0.2, 0.25) is 0 Å². The third-order valence-corrected chi connectivity index (χ3v) is 0. The molecule has 0 fully saturated rings. The van der Waals surface area contributed by atoms with Crippen LogP contribution in [0.2, 0.25) is 0 Å². The van der Waals surface area contributed by atoms with Gasteiger partial charge in [-0.1, -0.05) is 0 Å². The second kappa shape index (κ2) is 78.6. The Hall–Kier alpha value is 1.64. The molecule has 0 rings (SSSR count). The zero-order valence-corrected chi connectivity index (χ0v) is 6.68. The zero-order chi connectivity index (χ0) is 0. The van der Waals surface area contributed by atoms with Gasteiger partial charge in [-0.05, 0) is 0 Å². The first-order chi connectivity index (χ1) is 0. The molecule has 2 N–H and O–H groups in total. The van der Waals surface area contributed by atoms with Gasteiger partial charge >= 0.3 is 17.1 Å². The normalized spacial score (nSPS) is 0. The minimum Gasteiger partial charge on any atom is -1.00 e. The van der Waals surface area contributed by atoms with Crippen LogP contribution >= 0.6 is 24.8 Å². The van der Waals surface area contributed by atoms with E-state index in [9.17, 15) is 0 Å². The van der Waals surface area contributed by atoms with Crippen LogP contribution in [0.3, 0.4) is 0 Å². The van der Waals surface area contributed by atoms with Gasteiger partial charge in [0.25, 0.3) is 0 Å². The Morgan fingerprint density at radius 2 is 0.667 bits per heavy atom. The Bertz CT molecular complexity index is 7.51. The predicted octanol–water partition coefficient (Wildman–Crippen LogP) is -5.98. The molecular formula is H4Cl4FeO. The Balaban J connectivity index is 0. The summed E-state index contributed by atoms with van der Waals surface area (Å²) in [6, 6.07) is 0. The molecule has 0 aliphatic rings. The first-order valence-corrected chi connectivity index (χ1v) is 0. The first kappa shape index (κ1) is 125. The summed E-state index contributed by atoms with van der Waals surface area (Å²) in [5.41, 5.74) is 0. The van der Waals surface area contributed by atoms with E-state index in [-0.39, 0.29) is 72.2 Å².